The number of carbonyl (C=O) groups is 1. The molecular formula is C8H14N4O5. The van der Waals surface area contributed by atoms with Crippen LogP contribution >= 0.6 is 0 Å². The van der Waals surface area contributed by atoms with Gasteiger partial charge in [0.2, 0.25) is 0 Å². The Balaban J connectivity index is 2.39. The van der Waals surface area contributed by atoms with Gasteiger partial charge in [-0.25, -0.2) is 15.1 Å². The van der Waals surface area contributed by atoms with Gasteiger partial charge in [0, 0.05) is 13.0 Å². The minimum absolute atomic E-state index is 0.0870. The van der Waals surface area contributed by atoms with Gasteiger partial charge < -0.3 is 14.4 Å². The van der Waals surface area contributed by atoms with Gasteiger partial charge in [-0.2, -0.15) is 0 Å². The van der Waals surface area contributed by atoms with E-state index in [-0.39, 0.29) is 31.8 Å². The second-order valence-electron chi connectivity index (χ2n) is 3.26. The number of hydrogen-bond donors (Lipinski definition) is 1. The summed E-state index contributed by atoms with van der Waals surface area (Å²) in [7, 11) is 1.31. The quantitative estimate of drug-likeness (QED) is 0.389. The Kier molecular flexibility index (Phi) is 5.14. The van der Waals surface area contributed by atoms with E-state index in [1.165, 1.54) is 7.11 Å². The van der Waals surface area contributed by atoms with Crippen LogP contribution in [0.3, 0.4) is 0 Å². The van der Waals surface area contributed by atoms with Crippen molar-refractivity contribution in [2.75, 3.05) is 27.1 Å². The van der Waals surface area contributed by atoms with E-state index < -0.39 is 5.03 Å². The van der Waals surface area contributed by atoms with Gasteiger partial charge in [0.05, 0.1) is 7.11 Å². The predicted octanol–water partition coefficient (Wildman–Crippen LogP) is -0.676. The molecule has 0 spiro atoms. The first-order valence-electron chi connectivity index (χ1n) is 4.98. The number of guanidine groups is 1. The molecule has 0 fully saturated rings. The largest absolute Gasteiger partial charge is 0.469 e. The number of hydrogen-bond acceptors (Lipinski definition) is 7. The first-order chi connectivity index (χ1) is 8.13. The molecule has 0 unspecified atom stereocenters. The second kappa shape index (κ2) is 6.63. The zero-order valence-electron chi connectivity index (χ0n) is 9.42. The van der Waals surface area contributed by atoms with E-state index in [0.29, 0.717) is 13.0 Å². The molecular weight excluding hydrogens is 232 g/mol. The number of hydrazine groups is 1. The molecule has 1 N–H and O–H groups in total. The molecule has 0 aliphatic carbocycles. The van der Waals surface area contributed by atoms with Gasteiger partial charge in [-0.05, 0) is 6.42 Å². The average Bonchev–Trinajstić information content (AvgIpc) is 2.30. The SMILES string of the molecule is COC(=O)CCCN1COCN=C1N[N+](=O)[O-]. The zero-order chi connectivity index (χ0) is 12.7. The number of methoxy groups -OCH3 is 1. The van der Waals surface area contributed by atoms with Crippen molar-refractivity contribution in [2.45, 2.75) is 12.8 Å². The fourth-order valence-electron chi connectivity index (χ4n) is 1.29. The van der Waals surface area contributed by atoms with Crippen LogP contribution in [0.15, 0.2) is 4.99 Å². The Morgan fingerprint density at radius 1 is 1.76 bits per heavy atom. The van der Waals surface area contributed by atoms with Crippen LogP contribution in [0.4, 0.5) is 0 Å². The van der Waals surface area contributed by atoms with Crippen molar-refractivity contribution in [3.8, 4) is 0 Å². The van der Waals surface area contributed by atoms with E-state index in [4.69, 9.17) is 4.74 Å². The van der Waals surface area contributed by atoms with Crippen LogP contribution in [0.25, 0.3) is 0 Å². The molecule has 0 saturated carbocycles. The number of nitrogens with one attached hydrogen (secondary N) is 1. The lowest BCUT2D eigenvalue weighted by atomic mass is 10.3. The molecule has 1 aliphatic rings. The highest BCUT2D eigenvalue weighted by Crippen LogP contribution is 2.02. The molecule has 9 nitrogen and oxygen atoms in total. The van der Waals surface area contributed by atoms with Crippen LogP contribution in [0, 0.1) is 10.1 Å². The van der Waals surface area contributed by atoms with Crippen molar-refractivity contribution < 1.29 is 19.3 Å². The van der Waals surface area contributed by atoms with Crippen molar-refractivity contribution in [1.29, 1.82) is 0 Å². The second-order valence-corrected chi connectivity index (χ2v) is 3.26. The standard InChI is InChI=1S/C8H14N4O5/c1-16-7(13)3-2-4-11-6-17-5-9-8(11)10-12(14)15/h2-6H2,1H3,(H,9,10). The fraction of sp³-hybridized carbons (Fsp3) is 0.750. The number of carbonyl (C=O) groups excluding carboxylic acids is 1. The van der Waals surface area contributed by atoms with Crippen LogP contribution < -0.4 is 5.43 Å². The van der Waals surface area contributed by atoms with Gasteiger partial charge in [-0.15, -0.1) is 0 Å². The molecule has 1 heterocycles. The van der Waals surface area contributed by atoms with Crippen LogP contribution in [0.2, 0.25) is 0 Å². The first kappa shape index (κ1) is 13.2. The summed E-state index contributed by atoms with van der Waals surface area (Å²) in [5.74, 6) is -0.172. The molecule has 0 atom stereocenters. The Labute approximate surface area is 97.5 Å². The van der Waals surface area contributed by atoms with Crippen LogP contribution in [-0.2, 0) is 14.3 Å². The van der Waals surface area contributed by atoms with Crippen molar-refractivity contribution in [3.05, 3.63) is 10.1 Å². The monoisotopic (exact) mass is 246 g/mol. The maximum Gasteiger partial charge on any atom is 0.305 e. The van der Waals surface area contributed by atoms with Gasteiger partial charge in [-0.1, -0.05) is 5.43 Å². The Hall–Kier alpha value is -1.90. The van der Waals surface area contributed by atoms with Crippen molar-refractivity contribution in [2.24, 2.45) is 4.99 Å². The number of aliphatic imine (C=N–C) groups is 1. The lowest BCUT2D eigenvalue weighted by Gasteiger charge is -2.26. The van der Waals surface area contributed by atoms with Gasteiger partial charge in [-0.3, -0.25) is 4.79 Å². The van der Waals surface area contributed by atoms with Crippen molar-refractivity contribution in [1.82, 2.24) is 10.3 Å². The summed E-state index contributed by atoms with van der Waals surface area (Å²) < 4.78 is 9.53. The van der Waals surface area contributed by atoms with E-state index in [0.717, 1.165) is 0 Å². The molecule has 0 bridgehead atoms. The molecule has 96 valence electrons. The zero-order valence-corrected chi connectivity index (χ0v) is 9.42. The highest BCUT2D eigenvalue weighted by atomic mass is 16.7. The predicted molar refractivity (Wildman–Crippen MR) is 56.3 cm³/mol. The molecule has 9 heteroatoms. The third kappa shape index (κ3) is 4.64. The lowest BCUT2D eigenvalue weighted by Crippen LogP contribution is -2.47. The topological polar surface area (TPSA) is 106 Å². The number of rotatable bonds is 5. The van der Waals surface area contributed by atoms with Gasteiger partial charge in [0.25, 0.3) is 5.96 Å². The maximum atomic E-state index is 10.9. The smallest absolute Gasteiger partial charge is 0.305 e. The van der Waals surface area contributed by atoms with E-state index in [1.54, 1.807) is 4.90 Å². The summed E-state index contributed by atoms with van der Waals surface area (Å²) >= 11 is 0. The number of nitro groups is 1. The number of ether oxygens (including phenoxy) is 2. The summed E-state index contributed by atoms with van der Waals surface area (Å²) in [6.45, 7) is 0.722. The molecule has 0 aromatic heterocycles. The minimum atomic E-state index is -0.683. The summed E-state index contributed by atoms with van der Waals surface area (Å²) in [5, 5.41) is 9.63. The van der Waals surface area contributed by atoms with Crippen LogP contribution in [0.1, 0.15) is 12.8 Å². The molecule has 0 radical (unpaired) electrons. The van der Waals surface area contributed by atoms with Crippen LogP contribution in [-0.4, -0.2) is 49.0 Å². The third-order valence-electron chi connectivity index (χ3n) is 2.08. The number of esters is 1. The van der Waals surface area contributed by atoms with Gasteiger partial charge in [0.15, 0.2) is 5.03 Å². The first-order valence-corrected chi connectivity index (χ1v) is 4.98. The Morgan fingerprint density at radius 3 is 3.18 bits per heavy atom. The average molecular weight is 246 g/mol. The third-order valence-corrected chi connectivity index (χ3v) is 2.08. The highest BCUT2D eigenvalue weighted by Gasteiger charge is 2.19. The van der Waals surface area contributed by atoms with E-state index in [1.807, 2.05) is 5.43 Å². The van der Waals surface area contributed by atoms with E-state index >= 15 is 0 Å². The van der Waals surface area contributed by atoms with Crippen molar-refractivity contribution in [3.63, 3.8) is 0 Å². The van der Waals surface area contributed by atoms with Crippen LogP contribution in [0.5, 0.6) is 0 Å². The number of nitrogens with zero attached hydrogens (tertiary/aromatic N) is 3. The normalized spacial score (nSPS) is 15.1. The fourth-order valence-corrected chi connectivity index (χ4v) is 1.29. The van der Waals surface area contributed by atoms with E-state index in [9.17, 15) is 14.9 Å². The molecule has 1 aliphatic heterocycles. The van der Waals surface area contributed by atoms with Crippen molar-refractivity contribution >= 4 is 11.9 Å². The highest BCUT2D eigenvalue weighted by molar-refractivity contribution is 5.79. The van der Waals surface area contributed by atoms with Gasteiger partial charge >= 0.3 is 5.97 Å². The molecule has 0 amide bonds. The lowest BCUT2D eigenvalue weighted by molar-refractivity contribution is -0.527. The maximum absolute atomic E-state index is 10.9. The minimum Gasteiger partial charge on any atom is -0.469 e. The Morgan fingerprint density at radius 2 is 2.53 bits per heavy atom. The summed E-state index contributed by atoms with van der Waals surface area (Å²) in [6, 6.07) is 0. The molecule has 0 saturated heterocycles. The van der Waals surface area contributed by atoms with E-state index in [2.05, 4.69) is 9.73 Å². The summed E-state index contributed by atoms with van der Waals surface area (Å²) in [5.41, 5.74) is 1.99. The summed E-state index contributed by atoms with van der Waals surface area (Å²) in [6.07, 6.45) is 0.757. The molecule has 1 rings (SSSR count). The molecule has 17 heavy (non-hydrogen) atoms. The van der Waals surface area contributed by atoms with Gasteiger partial charge in [0.1, 0.15) is 13.5 Å². The summed E-state index contributed by atoms with van der Waals surface area (Å²) in [4.78, 5) is 26.6. The molecule has 0 aromatic rings. The Bertz CT molecular complexity index is 319. The molecule has 0 aromatic carbocycles.